The van der Waals surface area contributed by atoms with E-state index in [2.05, 4.69) is 31.7 Å². The fourth-order valence-corrected chi connectivity index (χ4v) is 2.55. The zero-order valence-corrected chi connectivity index (χ0v) is 11.4. The van der Waals surface area contributed by atoms with Crippen LogP contribution in [-0.2, 0) is 0 Å². The van der Waals surface area contributed by atoms with Crippen LogP contribution in [0.2, 0.25) is 0 Å². The first-order valence-electron chi connectivity index (χ1n) is 6.46. The van der Waals surface area contributed by atoms with Crippen molar-refractivity contribution >= 4 is 11.4 Å². The van der Waals surface area contributed by atoms with Crippen molar-refractivity contribution < 1.29 is 0 Å². The van der Waals surface area contributed by atoms with E-state index in [0.717, 1.165) is 24.7 Å². The van der Waals surface area contributed by atoms with Crippen molar-refractivity contribution in [3.05, 3.63) is 23.8 Å². The Kier molecular flexibility index (Phi) is 3.21. The van der Waals surface area contributed by atoms with Gasteiger partial charge in [0.15, 0.2) is 0 Å². The Balaban J connectivity index is 2.15. The van der Waals surface area contributed by atoms with Gasteiger partial charge in [-0.1, -0.05) is 20.8 Å². The summed E-state index contributed by atoms with van der Waals surface area (Å²) in [5.41, 5.74) is 8.50. The normalized spacial score (nSPS) is 19.9. The average Bonchev–Trinajstić information content (AvgIpc) is 2.77. The second-order valence-corrected chi connectivity index (χ2v) is 6.18. The number of nitrogens with zero attached hydrogens (tertiary/aromatic N) is 2. The molecule has 3 nitrogen and oxygen atoms in total. The fraction of sp³-hybridized carbons (Fsp3) is 0.533. The van der Waals surface area contributed by atoms with Crippen LogP contribution in [0.4, 0.5) is 11.4 Å². The van der Waals surface area contributed by atoms with E-state index in [0.29, 0.717) is 16.7 Å². The fourth-order valence-electron chi connectivity index (χ4n) is 2.55. The molecule has 2 rings (SSSR count). The zero-order valence-electron chi connectivity index (χ0n) is 11.4. The first-order valence-corrected chi connectivity index (χ1v) is 6.46. The van der Waals surface area contributed by atoms with Crippen LogP contribution in [0.25, 0.3) is 0 Å². The minimum absolute atomic E-state index is 0.354. The van der Waals surface area contributed by atoms with Crippen LogP contribution in [0.3, 0.4) is 0 Å². The lowest BCUT2D eigenvalue weighted by Gasteiger charge is -2.27. The van der Waals surface area contributed by atoms with Gasteiger partial charge in [-0.3, -0.25) is 0 Å². The van der Waals surface area contributed by atoms with E-state index in [1.165, 1.54) is 6.42 Å². The Hall–Kier alpha value is -1.69. The third-order valence-electron chi connectivity index (χ3n) is 3.93. The second-order valence-electron chi connectivity index (χ2n) is 6.18. The third-order valence-corrected chi connectivity index (χ3v) is 3.93. The molecule has 1 heterocycles. The molecule has 96 valence electrons. The SMILES string of the molecule is CC(C)(C)C1CCN(c2ccc(C#N)c(N)c2)C1. The van der Waals surface area contributed by atoms with Crippen molar-refractivity contribution in [1.29, 1.82) is 5.26 Å². The summed E-state index contributed by atoms with van der Waals surface area (Å²) in [5.74, 6) is 0.717. The maximum atomic E-state index is 8.88. The lowest BCUT2D eigenvalue weighted by Crippen LogP contribution is -2.25. The third kappa shape index (κ3) is 2.43. The number of rotatable bonds is 1. The van der Waals surface area contributed by atoms with Crippen LogP contribution in [0.1, 0.15) is 32.8 Å². The number of nitrogens with two attached hydrogens (primary N) is 1. The van der Waals surface area contributed by atoms with Crippen molar-refractivity contribution in [2.75, 3.05) is 23.7 Å². The molecule has 0 spiro atoms. The first-order chi connectivity index (χ1) is 8.41. The van der Waals surface area contributed by atoms with Crippen molar-refractivity contribution in [3.8, 4) is 6.07 Å². The lowest BCUT2D eigenvalue weighted by atomic mass is 9.80. The molecule has 0 amide bonds. The van der Waals surface area contributed by atoms with E-state index in [-0.39, 0.29) is 0 Å². The summed E-state index contributed by atoms with van der Waals surface area (Å²) in [5, 5.41) is 8.88. The van der Waals surface area contributed by atoms with Gasteiger partial charge in [0.2, 0.25) is 0 Å². The van der Waals surface area contributed by atoms with E-state index in [1.807, 2.05) is 18.2 Å². The molecule has 0 saturated carbocycles. The summed E-state index contributed by atoms with van der Waals surface area (Å²) < 4.78 is 0. The zero-order chi connectivity index (χ0) is 13.3. The molecule has 1 aliphatic heterocycles. The number of anilines is 2. The number of hydrogen-bond acceptors (Lipinski definition) is 3. The molecule has 0 bridgehead atoms. The number of nitriles is 1. The molecule has 1 aromatic rings. The van der Waals surface area contributed by atoms with E-state index >= 15 is 0 Å². The minimum Gasteiger partial charge on any atom is -0.398 e. The second kappa shape index (κ2) is 4.53. The maximum Gasteiger partial charge on any atom is 0.101 e. The first kappa shape index (κ1) is 12.8. The molecule has 1 aromatic carbocycles. The average molecular weight is 243 g/mol. The van der Waals surface area contributed by atoms with E-state index in [9.17, 15) is 0 Å². The highest BCUT2D eigenvalue weighted by Crippen LogP contribution is 2.36. The number of hydrogen-bond donors (Lipinski definition) is 1. The van der Waals surface area contributed by atoms with E-state index < -0.39 is 0 Å². The molecule has 18 heavy (non-hydrogen) atoms. The summed E-state index contributed by atoms with van der Waals surface area (Å²) >= 11 is 0. The Morgan fingerprint density at radius 2 is 2.11 bits per heavy atom. The largest absolute Gasteiger partial charge is 0.398 e. The molecular formula is C15H21N3. The molecule has 1 atom stereocenters. The molecular weight excluding hydrogens is 222 g/mol. The highest BCUT2D eigenvalue weighted by molar-refractivity contribution is 5.63. The van der Waals surface area contributed by atoms with Gasteiger partial charge in [0.1, 0.15) is 6.07 Å². The smallest absolute Gasteiger partial charge is 0.101 e. The highest BCUT2D eigenvalue weighted by atomic mass is 15.2. The van der Waals surface area contributed by atoms with Crippen molar-refractivity contribution in [2.45, 2.75) is 27.2 Å². The lowest BCUT2D eigenvalue weighted by molar-refractivity contribution is 0.263. The quantitative estimate of drug-likeness (QED) is 0.771. The van der Waals surface area contributed by atoms with Gasteiger partial charge in [0.25, 0.3) is 0 Å². The van der Waals surface area contributed by atoms with Gasteiger partial charge < -0.3 is 10.6 Å². The minimum atomic E-state index is 0.354. The number of benzene rings is 1. The van der Waals surface area contributed by atoms with E-state index in [1.54, 1.807) is 0 Å². The van der Waals surface area contributed by atoms with Crippen LogP contribution < -0.4 is 10.6 Å². The summed E-state index contributed by atoms with van der Waals surface area (Å²) in [4.78, 5) is 2.37. The van der Waals surface area contributed by atoms with Gasteiger partial charge in [0.05, 0.1) is 11.3 Å². The van der Waals surface area contributed by atoms with Gasteiger partial charge in [-0.2, -0.15) is 5.26 Å². The Morgan fingerprint density at radius 3 is 2.61 bits per heavy atom. The molecule has 0 radical (unpaired) electrons. The van der Waals surface area contributed by atoms with Crippen LogP contribution in [0.15, 0.2) is 18.2 Å². The molecule has 0 aromatic heterocycles. The van der Waals surface area contributed by atoms with Crippen LogP contribution in [-0.4, -0.2) is 13.1 Å². The predicted molar refractivity (Wildman–Crippen MR) is 75.3 cm³/mol. The number of nitrogen functional groups attached to an aromatic ring is 1. The van der Waals surface area contributed by atoms with Crippen molar-refractivity contribution in [3.63, 3.8) is 0 Å². The Morgan fingerprint density at radius 1 is 1.39 bits per heavy atom. The molecule has 1 fully saturated rings. The van der Waals surface area contributed by atoms with Crippen LogP contribution in [0.5, 0.6) is 0 Å². The standard InChI is InChI=1S/C15H21N3/c1-15(2,3)12-6-7-18(10-12)13-5-4-11(9-16)14(17)8-13/h4-5,8,12H,6-7,10,17H2,1-3H3. The molecule has 3 heteroatoms. The summed E-state index contributed by atoms with van der Waals surface area (Å²) in [6.45, 7) is 9.05. The topological polar surface area (TPSA) is 53.0 Å². The molecule has 1 saturated heterocycles. The van der Waals surface area contributed by atoms with Gasteiger partial charge in [-0.05, 0) is 36.0 Å². The predicted octanol–water partition coefficient (Wildman–Crippen LogP) is 3.01. The van der Waals surface area contributed by atoms with Gasteiger partial charge in [0, 0.05) is 18.8 Å². The Bertz CT molecular complexity index is 479. The van der Waals surface area contributed by atoms with E-state index in [4.69, 9.17) is 11.0 Å². The summed E-state index contributed by atoms with van der Waals surface area (Å²) in [7, 11) is 0. The molecule has 1 unspecified atom stereocenters. The van der Waals surface area contributed by atoms with Crippen LogP contribution >= 0.6 is 0 Å². The summed E-state index contributed by atoms with van der Waals surface area (Å²) in [6.07, 6.45) is 1.23. The maximum absolute atomic E-state index is 8.88. The van der Waals surface area contributed by atoms with Crippen LogP contribution in [0, 0.1) is 22.7 Å². The summed E-state index contributed by atoms with van der Waals surface area (Å²) in [6, 6.07) is 7.84. The van der Waals surface area contributed by atoms with Crippen molar-refractivity contribution in [2.24, 2.45) is 11.3 Å². The Labute approximate surface area is 109 Å². The van der Waals surface area contributed by atoms with Crippen molar-refractivity contribution in [1.82, 2.24) is 0 Å². The van der Waals surface area contributed by atoms with Gasteiger partial charge in [-0.15, -0.1) is 0 Å². The van der Waals surface area contributed by atoms with Gasteiger partial charge in [-0.25, -0.2) is 0 Å². The molecule has 2 N–H and O–H groups in total. The molecule has 0 aliphatic carbocycles. The molecule has 1 aliphatic rings. The van der Waals surface area contributed by atoms with Gasteiger partial charge >= 0.3 is 0 Å². The monoisotopic (exact) mass is 243 g/mol. The highest BCUT2D eigenvalue weighted by Gasteiger charge is 2.31.